The van der Waals surface area contributed by atoms with Crippen LogP contribution in [-0.4, -0.2) is 65.4 Å². The Hall–Kier alpha value is -3.34. The molecule has 1 saturated carbocycles. The quantitative estimate of drug-likeness (QED) is 0.205. The number of amides is 4. The number of halogens is 3. The van der Waals surface area contributed by atoms with E-state index in [4.69, 9.17) is 27.9 Å². The van der Waals surface area contributed by atoms with Crippen LogP contribution in [0.15, 0.2) is 65.9 Å². The number of carbonyl (C=O) groups is 4. The Kier molecular flexibility index (Phi) is 6.91. The van der Waals surface area contributed by atoms with Gasteiger partial charge in [0.1, 0.15) is 17.2 Å². The van der Waals surface area contributed by atoms with Gasteiger partial charge in [-0.05, 0) is 66.6 Å². The first-order chi connectivity index (χ1) is 21.0. The van der Waals surface area contributed by atoms with E-state index < -0.39 is 45.2 Å². The van der Waals surface area contributed by atoms with Gasteiger partial charge in [0.25, 0.3) is 11.8 Å². The second kappa shape index (κ2) is 10.4. The van der Waals surface area contributed by atoms with Crippen molar-refractivity contribution < 1.29 is 34.1 Å². The van der Waals surface area contributed by atoms with Gasteiger partial charge in [-0.25, -0.2) is 0 Å². The number of rotatable bonds is 5. The zero-order chi connectivity index (χ0) is 31.1. The molecular weight excluding hydrogens is 675 g/mol. The lowest BCUT2D eigenvalue weighted by molar-refractivity contribution is -0.141. The van der Waals surface area contributed by atoms with E-state index in [1.54, 1.807) is 36.4 Å². The molecule has 12 heteroatoms. The van der Waals surface area contributed by atoms with Gasteiger partial charge >= 0.3 is 0 Å². The van der Waals surface area contributed by atoms with Crippen LogP contribution in [0.5, 0.6) is 17.2 Å². The number of phenols is 2. The standard InChI is InChI=1S/C32H27BrCl2N2O7/c33-15-37-29(42)31(34)13-23-21(26(32(31,35)30(37)43)18-11-17-12-20(39)5-8-24(17)44-14-18)6-7-22-25(23)28(41)36(27(22)40)10-9-16-1-3-19(38)4-2-16/h1-6,8,12,14,22-23,25-26,38-39H,7,9-11,13,15H2. The Labute approximate surface area is 271 Å². The fraction of sp³-hybridized carbons (Fsp3) is 0.375. The van der Waals surface area contributed by atoms with Crippen molar-refractivity contribution in [3.05, 3.63) is 77.1 Å². The highest BCUT2D eigenvalue weighted by Gasteiger charge is 2.76. The molecule has 4 amide bonds. The summed E-state index contributed by atoms with van der Waals surface area (Å²) in [6, 6.07) is 11.3. The summed E-state index contributed by atoms with van der Waals surface area (Å²) >= 11 is 17.8. The number of phenolic OH excluding ortho intramolecular Hbond substituents is 2. The van der Waals surface area contributed by atoms with E-state index in [0.717, 1.165) is 10.5 Å². The number of fused-ring (bicyclic) bond motifs is 5. The summed E-state index contributed by atoms with van der Waals surface area (Å²) in [5, 5.41) is 19.7. The van der Waals surface area contributed by atoms with Crippen molar-refractivity contribution in [2.45, 2.75) is 35.4 Å². The van der Waals surface area contributed by atoms with Gasteiger partial charge in [0.2, 0.25) is 11.8 Å². The Morgan fingerprint density at radius 3 is 2.39 bits per heavy atom. The third-order valence-electron chi connectivity index (χ3n) is 9.81. The van der Waals surface area contributed by atoms with Crippen molar-refractivity contribution in [3.63, 3.8) is 0 Å². The lowest BCUT2D eigenvalue weighted by Crippen LogP contribution is -2.61. The van der Waals surface area contributed by atoms with E-state index in [1.165, 1.54) is 17.2 Å². The average molecular weight is 702 g/mol. The SMILES string of the molecule is O=C1C2CC=C3C(CC4(Cl)C(=O)N(CBr)C(=O)C4(Cl)C3C3=COc4ccc(O)cc4C3)C2C(=O)N1CCc1ccc(O)cc1. The first-order valence-electron chi connectivity index (χ1n) is 14.3. The molecule has 2 aliphatic carbocycles. The van der Waals surface area contributed by atoms with Crippen molar-refractivity contribution in [1.82, 2.24) is 9.80 Å². The van der Waals surface area contributed by atoms with Gasteiger partial charge in [0.15, 0.2) is 9.75 Å². The molecule has 6 atom stereocenters. The molecule has 9 nitrogen and oxygen atoms in total. The Morgan fingerprint density at radius 2 is 1.66 bits per heavy atom. The largest absolute Gasteiger partial charge is 0.508 e. The molecule has 3 aliphatic heterocycles. The average Bonchev–Trinajstić information content (AvgIpc) is 3.33. The molecule has 2 aromatic carbocycles. The van der Waals surface area contributed by atoms with E-state index in [1.807, 2.05) is 6.08 Å². The van der Waals surface area contributed by atoms with E-state index >= 15 is 0 Å². The Bertz CT molecular complexity index is 1690. The molecule has 2 N–H and O–H groups in total. The number of likely N-dealkylation sites (tertiary alicyclic amines) is 2. The van der Waals surface area contributed by atoms with Gasteiger partial charge in [0.05, 0.1) is 23.6 Å². The van der Waals surface area contributed by atoms with Crippen LogP contribution >= 0.6 is 39.1 Å². The highest BCUT2D eigenvalue weighted by atomic mass is 79.9. The third kappa shape index (κ3) is 4.03. The number of hydrogen-bond donors (Lipinski definition) is 2. The van der Waals surface area contributed by atoms with Gasteiger partial charge < -0.3 is 14.9 Å². The van der Waals surface area contributed by atoms with Gasteiger partial charge in [-0.15, -0.1) is 23.2 Å². The van der Waals surface area contributed by atoms with Gasteiger partial charge in [-0.2, -0.15) is 0 Å². The maximum Gasteiger partial charge on any atom is 0.254 e. The van der Waals surface area contributed by atoms with E-state index in [0.29, 0.717) is 28.9 Å². The van der Waals surface area contributed by atoms with Crippen LogP contribution in [0.4, 0.5) is 0 Å². The van der Waals surface area contributed by atoms with Crippen LogP contribution in [0.3, 0.4) is 0 Å². The number of imide groups is 2. The topological polar surface area (TPSA) is 124 Å². The molecule has 0 spiro atoms. The number of ether oxygens (including phenoxy) is 1. The molecule has 0 radical (unpaired) electrons. The number of aromatic hydroxyl groups is 2. The lowest BCUT2D eigenvalue weighted by Gasteiger charge is -2.51. The number of hydrogen-bond acceptors (Lipinski definition) is 7. The molecule has 3 fully saturated rings. The summed E-state index contributed by atoms with van der Waals surface area (Å²) in [4.78, 5) is 53.9. The molecule has 44 heavy (non-hydrogen) atoms. The highest BCUT2D eigenvalue weighted by Crippen LogP contribution is 2.64. The van der Waals surface area contributed by atoms with Crippen molar-refractivity contribution in [2.24, 2.45) is 23.7 Å². The van der Waals surface area contributed by atoms with Crippen LogP contribution in [-0.2, 0) is 32.0 Å². The molecule has 228 valence electrons. The van der Waals surface area contributed by atoms with E-state index in [2.05, 4.69) is 15.9 Å². The van der Waals surface area contributed by atoms with Gasteiger partial charge in [0, 0.05) is 24.4 Å². The van der Waals surface area contributed by atoms with Crippen molar-refractivity contribution in [1.29, 1.82) is 0 Å². The van der Waals surface area contributed by atoms with Gasteiger partial charge in [-0.1, -0.05) is 39.7 Å². The molecule has 2 saturated heterocycles. The smallest absolute Gasteiger partial charge is 0.254 e. The van der Waals surface area contributed by atoms with Gasteiger partial charge in [-0.3, -0.25) is 29.0 Å². The Morgan fingerprint density at radius 1 is 0.932 bits per heavy atom. The maximum absolute atomic E-state index is 14.0. The van der Waals surface area contributed by atoms with E-state index in [9.17, 15) is 29.4 Å². The lowest BCUT2D eigenvalue weighted by atomic mass is 9.56. The third-order valence-corrected chi connectivity index (χ3v) is 11.7. The molecule has 7 rings (SSSR count). The zero-order valence-corrected chi connectivity index (χ0v) is 26.3. The normalized spacial score (nSPS) is 32.4. The summed E-state index contributed by atoms with van der Waals surface area (Å²) in [6.07, 6.45) is 4.26. The molecular formula is C32H27BrCl2N2O7. The number of carbonyl (C=O) groups excluding carboxylic acids is 4. The summed E-state index contributed by atoms with van der Waals surface area (Å²) in [5.74, 6) is -4.16. The fourth-order valence-electron chi connectivity index (χ4n) is 7.75. The number of alkyl halides is 3. The van der Waals surface area contributed by atoms with Crippen LogP contribution in [0.1, 0.15) is 24.0 Å². The molecule has 0 aromatic heterocycles. The minimum atomic E-state index is -1.91. The number of nitrogens with zero attached hydrogens (tertiary/aromatic N) is 2. The van der Waals surface area contributed by atoms with Crippen LogP contribution in [0.25, 0.3) is 0 Å². The molecule has 6 unspecified atom stereocenters. The van der Waals surface area contributed by atoms with Crippen LogP contribution in [0, 0.1) is 23.7 Å². The minimum Gasteiger partial charge on any atom is -0.508 e. The monoisotopic (exact) mass is 700 g/mol. The van der Waals surface area contributed by atoms with Crippen molar-refractivity contribution in [3.8, 4) is 17.2 Å². The Balaban J connectivity index is 1.28. The summed E-state index contributed by atoms with van der Waals surface area (Å²) < 4.78 is 5.92. The number of allylic oxidation sites excluding steroid dienone is 3. The zero-order valence-electron chi connectivity index (χ0n) is 23.2. The van der Waals surface area contributed by atoms with Crippen LogP contribution in [0.2, 0.25) is 0 Å². The summed E-state index contributed by atoms with van der Waals surface area (Å²) in [7, 11) is 0. The van der Waals surface area contributed by atoms with Crippen molar-refractivity contribution >= 4 is 62.8 Å². The summed E-state index contributed by atoms with van der Waals surface area (Å²) in [5.41, 5.74) is 2.69. The molecule has 0 bridgehead atoms. The minimum absolute atomic E-state index is 0.0437. The second-order valence-electron chi connectivity index (χ2n) is 12.0. The summed E-state index contributed by atoms with van der Waals surface area (Å²) in [6.45, 7) is 0.167. The maximum atomic E-state index is 14.0. The molecule has 3 heterocycles. The fourth-order valence-corrected chi connectivity index (χ4v) is 9.19. The predicted octanol–water partition coefficient (Wildman–Crippen LogP) is 4.40. The number of benzene rings is 2. The first-order valence-corrected chi connectivity index (χ1v) is 16.2. The molecule has 5 aliphatic rings. The predicted molar refractivity (Wildman–Crippen MR) is 163 cm³/mol. The highest BCUT2D eigenvalue weighted by molar-refractivity contribution is 9.09. The second-order valence-corrected chi connectivity index (χ2v) is 13.8. The van der Waals surface area contributed by atoms with Crippen molar-refractivity contribution in [2.75, 3.05) is 12.0 Å². The van der Waals surface area contributed by atoms with Crippen LogP contribution < -0.4 is 4.74 Å². The molecule has 2 aromatic rings. The van der Waals surface area contributed by atoms with E-state index in [-0.39, 0.29) is 54.6 Å². The first kappa shape index (κ1) is 29.4.